The third-order valence-electron chi connectivity index (χ3n) is 1.83. The molecule has 1 radical (unpaired) electrons. The maximum atomic E-state index is 5.22. The normalized spacial score (nSPS) is 12.5. The van der Waals surface area contributed by atoms with E-state index in [-0.39, 0.29) is 6.73 Å². The largest absolute Gasteiger partial charge is 0.428 e. The fraction of sp³-hybridized carbons (Fsp3) is 0.400. The molecule has 2 N–H and O–H groups in total. The van der Waals surface area contributed by atoms with Crippen molar-refractivity contribution in [3.63, 3.8) is 0 Å². The van der Waals surface area contributed by atoms with Gasteiger partial charge in [0.15, 0.2) is 0 Å². The lowest BCUT2D eigenvalue weighted by molar-refractivity contribution is 0.342. The van der Waals surface area contributed by atoms with Crippen molar-refractivity contribution in [2.75, 3.05) is 6.73 Å². The second-order valence-corrected chi connectivity index (χ2v) is 3.14. The van der Waals surface area contributed by atoms with E-state index >= 15 is 0 Å². The van der Waals surface area contributed by atoms with Gasteiger partial charge in [-0.3, -0.25) is 0 Å². The molecule has 0 bridgehead atoms. The van der Waals surface area contributed by atoms with Crippen LogP contribution in [0.1, 0.15) is 12.5 Å². The molecule has 0 unspecified atom stereocenters. The van der Waals surface area contributed by atoms with Crippen LogP contribution in [0, 0.1) is 0 Å². The molecule has 1 atom stereocenters. The fourth-order valence-electron chi connectivity index (χ4n) is 1.25. The Morgan fingerprint density at radius 1 is 1.38 bits per heavy atom. The summed E-state index contributed by atoms with van der Waals surface area (Å²) in [5.41, 5.74) is 6.54. The summed E-state index contributed by atoms with van der Waals surface area (Å²) in [5.74, 6) is 0.408. The molecule has 1 aromatic rings. The standard InChI is InChI=1S/C10H15BNO/c1-9(11-13-8-12)7-10-5-3-2-4-6-10/h2-6,9H,7-8,12H2,1H3/t9-/m1/s1. The Morgan fingerprint density at radius 2 is 2.08 bits per heavy atom. The van der Waals surface area contributed by atoms with E-state index in [1.165, 1.54) is 5.56 Å². The average Bonchev–Trinajstić information content (AvgIpc) is 2.16. The Kier molecular flexibility index (Phi) is 4.58. The summed E-state index contributed by atoms with van der Waals surface area (Å²) in [6.45, 7) is 2.38. The smallest absolute Gasteiger partial charge is 0.297 e. The third kappa shape index (κ3) is 4.11. The Morgan fingerprint density at radius 3 is 2.69 bits per heavy atom. The van der Waals surface area contributed by atoms with Gasteiger partial charge in [0.1, 0.15) is 0 Å². The second-order valence-electron chi connectivity index (χ2n) is 3.14. The molecule has 0 aliphatic heterocycles. The Labute approximate surface area is 80.4 Å². The molecule has 0 aromatic heterocycles. The van der Waals surface area contributed by atoms with Crippen molar-refractivity contribution in [2.45, 2.75) is 19.2 Å². The van der Waals surface area contributed by atoms with Crippen LogP contribution >= 0.6 is 0 Å². The maximum Gasteiger partial charge on any atom is 0.297 e. The van der Waals surface area contributed by atoms with Crippen LogP contribution in [0.15, 0.2) is 30.3 Å². The van der Waals surface area contributed by atoms with Crippen LogP contribution in [-0.2, 0) is 11.1 Å². The summed E-state index contributed by atoms with van der Waals surface area (Å²) in [6, 6.07) is 10.4. The van der Waals surface area contributed by atoms with Gasteiger partial charge in [-0.1, -0.05) is 37.3 Å². The van der Waals surface area contributed by atoms with E-state index in [9.17, 15) is 0 Å². The summed E-state index contributed by atoms with van der Waals surface area (Å²) in [4.78, 5) is 0. The van der Waals surface area contributed by atoms with Gasteiger partial charge >= 0.3 is 0 Å². The van der Waals surface area contributed by atoms with E-state index in [4.69, 9.17) is 10.4 Å². The highest BCUT2D eigenvalue weighted by Gasteiger charge is 2.05. The predicted molar refractivity (Wildman–Crippen MR) is 55.5 cm³/mol. The summed E-state index contributed by atoms with van der Waals surface area (Å²) >= 11 is 0. The van der Waals surface area contributed by atoms with E-state index in [0.29, 0.717) is 5.82 Å². The lowest BCUT2D eigenvalue weighted by atomic mass is 9.77. The molecule has 1 rings (SSSR count). The number of hydrogen-bond acceptors (Lipinski definition) is 2. The average molecular weight is 176 g/mol. The lowest BCUT2D eigenvalue weighted by Gasteiger charge is -2.08. The quantitative estimate of drug-likeness (QED) is 0.546. The highest BCUT2D eigenvalue weighted by molar-refractivity contribution is 6.29. The van der Waals surface area contributed by atoms with Crippen molar-refractivity contribution in [2.24, 2.45) is 5.73 Å². The van der Waals surface area contributed by atoms with Gasteiger partial charge in [0, 0.05) is 0 Å². The van der Waals surface area contributed by atoms with Crippen molar-refractivity contribution in [1.29, 1.82) is 0 Å². The van der Waals surface area contributed by atoms with Crippen LogP contribution < -0.4 is 5.73 Å². The topological polar surface area (TPSA) is 35.2 Å². The molecule has 0 amide bonds. The first kappa shape index (κ1) is 10.3. The van der Waals surface area contributed by atoms with Gasteiger partial charge in [-0.15, -0.1) is 0 Å². The maximum absolute atomic E-state index is 5.22. The van der Waals surface area contributed by atoms with E-state index in [1.807, 2.05) is 18.2 Å². The van der Waals surface area contributed by atoms with Crippen molar-refractivity contribution >= 4 is 7.48 Å². The van der Waals surface area contributed by atoms with Crippen LogP contribution in [0.3, 0.4) is 0 Å². The van der Waals surface area contributed by atoms with Crippen molar-refractivity contribution in [3.05, 3.63) is 35.9 Å². The van der Waals surface area contributed by atoms with Gasteiger partial charge < -0.3 is 10.4 Å². The van der Waals surface area contributed by atoms with Gasteiger partial charge in [0.25, 0.3) is 7.48 Å². The van der Waals surface area contributed by atoms with Gasteiger partial charge in [-0.25, -0.2) is 0 Å². The number of benzene rings is 1. The fourth-order valence-corrected chi connectivity index (χ4v) is 1.25. The van der Waals surface area contributed by atoms with Gasteiger partial charge in [0.05, 0.1) is 6.73 Å². The molecular weight excluding hydrogens is 161 g/mol. The Hall–Kier alpha value is -0.795. The van der Waals surface area contributed by atoms with Gasteiger partial charge in [-0.2, -0.15) is 0 Å². The van der Waals surface area contributed by atoms with Crippen LogP contribution in [0.2, 0.25) is 5.82 Å². The zero-order valence-corrected chi connectivity index (χ0v) is 7.94. The van der Waals surface area contributed by atoms with Crippen LogP contribution in [0.25, 0.3) is 0 Å². The molecular formula is C10H15BNO. The van der Waals surface area contributed by atoms with Crippen LogP contribution in [0.4, 0.5) is 0 Å². The highest BCUT2D eigenvalue weighted by atomic mass is 16.4. The molecule has 69 valence electrons. The van der Waals surface area contributed by atoms with E-state index in [1.54, 1.807) is 7.48 Å². The Balaban J connectivity index is 2.32. The van der Waals surface area contributed by atoms with E-state index in [0.717, 1.165) is 6.42 Å². The molecule has 0 saturated carbocycles. The summed E-state index contributed by atoms with van der Waals surface area (Å²) in [5, 5.41) is 0. The van der Waals surface area contributed by atoms with Crippen LogP contribution in [0.5, 0.6) is 0 Å². The number of hydrogen-bond donors (Lipinski definition) is 1. The molecule has 2 nitrogen and oxygen atoms in total. The van der Waals surface area contributed by atoms with Crippen molar-refractivity contribution in [3.8, 4) is 0 Å². The van der Waals surface area contributed by atoms with Crippen molar-refractivity contribution in [1.82, 2.24) is 0 Å². The van der Waals surface area contributed by atoms with E-state index in [2.05, 4.69) is 19.1 Å². The highest BCUT2D eigenvalue weighted by Crippen LogP contribution is 2.11. The molecule has 0 fully saturated rings. The molecule has 0 spiro atoms. The molecule has 0 aliphatic rings. The lowest BCUT2D eigenvalue weighted by Crippen LogP contribution is -2.13. The minimum absolute atomic E-state index is 0.263. The molecule has 0 heterocycles. The first-order valence-corrected chi connectivity index (χ1v) is 4.52. The van der Waals surface area contributed by atoms with Crippen LogP contribution in [-0.4, -0.2) is 14.2 Å². The number of nitrogens with two attached hydrogens (primary N) is 1. The van der Waals surface area contributed by atoms with Gasteiger partial charge in [0.2, 0.25) is 0 Å². The molecule has 0 saturated heterocycles. The second kappa shape index (κ2) is 5.78. The minimum Gasteiger partial charge on any atom is -0.428 e. The van der Waals surface area contributed by atoms with Crippen molar-refractivity contribution < 1.29 is 4.65 Å². The summed E-state index contributed by atoms with van der Waals surface area (Å²) < 4.78 is 5.02. The monoisotopic (exact) mass is 176 g/mol. The summed E-state index contributed by atoms with van der Waals surface area (Å²) in [7, 11) is 1.80. The first-order valence-electron chi connectivity index (χ1n) is 4.52. The first-order chi connectivity index (χ1) is 6.33. The Bertz CT molecular complexity index is 228. The number of rotatable bonds is 5. The SMILES string of the molecule is C[C@@H]([B]OCN)Cc1ccccc1. The zero-order chi connectivity index (χ0) is 9.52. The minimum atomic E-state index is 0.263. The van der Waals surface area contributed by atoms with E-state index < -0.39 is 0 Å². The molecule has 0 aliphatic carbocycles. The molecule has 13 heavy (non-hydrogen) atoms. The summed E-state index contributed by atoms with van der Waals surface area (Å²) in [6.07, 6.45) is 1.00. The zero-order valence-electron chi connectivity index (χ0n) is 7.94. The third-order valence-corrected chi connectivity index (χ3v) is 1.83. The molecule has 1 aromatic carbocycles. The van der Waals surface area contributed by atoms with Gasteiger partial charge in [-0.05, 0) is 17.8 Å². The molecule has 3 heteroatoms. The predicted octanol–water partition coefficient (Wildman–Crippen LogP) is 1.59.